The highest BCUT2D eigenvalue weighted by molar-refractivity contribution is 6.01. The zero-order valence-corrected chi connectivity index (χ0v) is 15.1. The van der Waals surface area contributed by atoms with E-state index in [0.717, 1.165) is 10.9 Å². The van der Waals surface area contributed by atoms with Crippen LogP contribution in [0.4, 0.5) is 5.69 Å². The molecule has 1 aromatic carbocycles. The fourth-order valence-corrected chi connectivity index (χ4v) is 2.93. The Balaban J connectivity index is 1.65. The number of rotatable bonds is 4. The normalized spacial score (nSPS) is 11.9. The van der Waals surface area contributed by atoms with E-state index in [1.54, 1.807) is 49.8 Å². The van der Waals surface area contributed by atoms with Crippen molar-refractivity contribution in [3.05, 3.63) is 83.5 Å². The summed E-state index contributed by atoms with van der Waals surface area (Å²) in [4.78, 5) is 33.4. The molecule has 7 heteroatoms. The molecule has 0 aliphatic rings. The zero-order chi connectivity index (χ0) is 19.5. The summed E-state index contributed by atoms with van der Waals surface area (Å²) >= 11 is 0. The predicted octanol–water partition coefficient (Wildman–Crippen LogP) is 3.05. The second-order valence-electron chi connectivity index (χ2n) is 6.28. The molecular weight excluding hydrogens is 354 g/mol. The molecule has 0 spiro atoms. The van der Waals surface area contributed by atoms with Crippen molar-refractivity contribution in [3.63, 3.8) is 0 Å². The van der Waals surface area contributed by atoms with Crippen molar-refractivity contribution in [2.24, 2.45) is 0 Å². The van der Waals surface area contributed by atoms with Gasteiger partial charge >= 0.3 is 0 Å². The molecule has 0 fully saturated rings. The van der Waals surface area contributed by atoms with E-state index >= 15 is 0 Å². The smallest absolute Gasteiger partial charge is 0.267 e. The van der Waals surface area contributed by atoms with E-state index in [1.165, 1.54) is 10.7 Å². The molecule has 1 amide bonds. The molecule has 1 unspecified atom stereocenters. The molecule has 0 bridgehead atoms. The van der Waals surface area contributed by atoms with Gasteiger partial charge in [0, 0.05) is 35.6 Å². The van der Waals surface area contributed by atoms with E-state index < -0.39 is 6.04 Å². The molecule has 0 aliphatic heterocycles. The third-order valence-corrected chi connectivity index (χ3v) is 4.44. The molecule has 138 valence electrons. The van der Waals surface area contributed by atoms with E-state index in [-0.39, 0.29) is 11.5 Å². The van der Waals surface area contributed by atoms with Gasteiger partial charge in [-0.05, 0) is 37.3 Å². The van der Waals surface area contributed by atoms with Crippen molar-refractivity contribution in [1.29, 1.82) is 0 Å². The molecule has 0 saturated carbocycles. The van der Waals surface area contributed by atoms with E-state index in [1.807, 2.05) is 24.3 Å². The number of pyridine rings is 2. The van der Waals surface area contributed by atoms with Gasteiger partial charge in [0.2, 0.25) is 5.91 Å². The minimum Gasteiger partial charge on any atom is -0.322 e. The summed E-state index contributed by atoms with van der Waals surface area (Å²) in [5.41, 5.74) is 2.34. The van der Waals surface area contributed by atoms with Gasteiger partial charge in [-0.15, -0.1) is 0 Å². The van der Waals surface area contributed by atoms with Crippen molar-refractivity contribution in [3.8, 4) is 11.3 Å². The number of hydrogen-bond acceptors (Lipinski definition) is 5. The highest BCUT2D eigenvalue weighted by Crippen LogP contribution is 2.22. The Hall–Kier alpha value is -3.87. The number of nitrogens with zero attached hydrogens (tertiary/aromatic N) is 4. The molecular formula is C21H17N5O2. The van der Waals surface area contributed by atoms with E-state index in [4.69, 9.17) is 0 Å². The number of anilines is 1. The highest BCUT2D eigenvalue weighted by Gasteiger charge is 2.19. The van der Waals surface area contributed by atoms with Crippen molar-refractivity contribution in [1.82, 2.24) is 19.7 Å². The van der Waals surface area contributed by atoms with E-state index in [2.05, 4.69) is 20.4 Å². The number of benzene rings is 1. The van der Waals surface area contributed by atoms with Gasteiger partial charge in [-0.2, -0.15) is 5.10 Å². The van der Waals surface area contributed by atoms with Gasteiger partial charge in [-0.25, -0.2) is 4.68 Å². The Morgan fingerprint density at radius 1 is 1.00 bits per heavy atom. The Labute approximate surface area is 160 Å². The Bertz CT molecular complexity index is 1200. The molecule has 0 radical (unpaired) electrons. The highest BCUT2D eigenvalue weighted by atomic mass is 16.2. The standard InChI is InChI=1S/C21H17N5O2/c1-14(21(28)24-18-6-2-4-16-5-3-11-23-20(16)18)26-19(27)8-7-17(25-26)15-9-12-22-13-10-15/h2-14H,1H3,(H,24,28). The van der Waals surface area contributed by atoms with Crippen molar-refractivity contribution in [2.45, 2.75) is 13.0 Å². The lowest BCUT2D eigenvalue weighted by atomic mass is 10.2. The summed E-state index contributed by atoms with van der Waals surface area (Å²) in [5.74, 6) is -0.348. The zero-order valence-electron chi connectivity index (χ0n) is 15.1. The first-order valence-corrected chi connectivity index (χ1v) is 8.78. The Morgan fingerprint density at radius 3 is 2.61 bits per heavy atom. The monoisotopic (exact) mass is 371 g/mol. The number of amides is 1. The number of carbonyl (C=O) groups is 1. The minimum absolute atomic E-state index is 0.348. The first-order valence-electron chi connectivity index (χ1n) is 8.78. The molecule has 3 aromatic heterocycles. The average molecular weight is 371 g/mol. The Kier molecular flexibility index (Phi) is 4.63. The van der Waals surface area contributed by atoms with Gasteiger partial charge in [0.05, 0.1) is 16.9 Å². The number of fused-ring (bicyclic) bond motifs is 1. The molecule has 1 atom stereocenters. The number of nitrogens with one attached hydrogen (secondary N) is 1. The quantitative estimate of drug-likeness (QED) is 0.595. The van der Waals surface area contributed by atoms with Crippen LogP contribution in [0.15, 0.2) is 78.0 Å². The largest absolute Gasteiger partial charge is 0.322 e. The number of aromatic nitrogens is 4. The second-order valence-corrected chi connectivity index (χ2v) is 6.28. The SMILES string of the molecule is CC(C(=O)Nc1cccc2cccnc12)n1nc(-c2ccncc2)ccc1=O. The summed E-state index contributed by atoms with van der Waals surface area (Å²) in [6.07, 6.45) is 4.97. The van der Waals surface area contributed by atoms with Crippen LogP contribution in [0.1, 0.15) is 13.0 Å². The van der Waals surface area contributed by atoms with Crippen LogP contribution in [0.25, 0.3) is 22.2 Å². The molecule has 0 saturated heterocycles. The third-order valence-electron chi connectivity index (χ3n) is 4.44. The van der Waals surface area contributed by atoms with Gasteiger partial charge in [0.15, 0.2) is 0 Å². The minimum atomic E-state index is -0.798. The Morgan fingerprint density at radius 2 is 1.79 bits per heavy atom. The molecule has 4 rings (SSSR count). The predicted molar refractivity (Wildman–Crippen MR) is 107 cm³/mol. The van der Waals surface area contributed by atoms with Crippen molar-refractivity contribution in [2.75, 3.05) is 5.32 Å². The molecule has 7 nitrogen and oxygen atoms in total. The summed E-state index contributed by atoms with van der Waals surface area (Å²) in [7, 11) is 0. The van der Waals surface area contributed by atoms with Crippen LogP contribution >= 0.6 is 0 Å². The maximum atomic E-state index is 12.8. The van der Waals surface area contributed by atoms with Gasteiger partial charge < -0.3 is 5.32 Å². The van der Waals surface area contributed by atoms with Crippen LogP contribution in [0, 0.1) is 0 Å². The summed E-state index contributed by atoms with van der Waals surface area (Å²) in [5, 5.41) is 8.15. The van der Waals surface area contributed by atoms with E-state index in [9.17, 15) is 9.59 Å². The third kappa shape index (κ3) is 3.37. The molecule has 4 aromatic rings. The summed E-state index contributed by atoms with van der Waals surface area (Å²) in [6.45, 7) is 1.64. The number of hydrogen-bond donors (Lipinski definition) is 1. The first-order chi connectivity index (χ1) is 13.6. The van der Waals surface area contributed by atoms with Crippen LogP contribution < -0.4 is 10.9 Å². The topological polar surface area (TPSA) is 89.8 Å². The maximum Gasteiger partial charge on any atom is 0.267 e. The number of carbonyl (C=O) groups excluding carboxylic acids is 1. The lowest BCUT2D eigenvalue weighted by molar-refractivity contribution is -0.119. The fourth-order valence-electron chi connectivity index (χ4n) is 2.93. The van der Waals surface area contributed by atoms with Gasteiger partial charge in [-0.3, -0.25) is 19.6 Å². The maximum absolute atomic E-state index is 12.8. The lowest BCUT2D eigenvalue weighted by Crippen LogP contribution is -2.33. The summed E-state index contributed by atoms with van der Waals surface area (Å²) in [6, 6.07) is 15.1. The van der Waals surface area contributed by atoms with Crippen molar-refractivity contribution < 1.29 is 4.79 Å². The molecule has 0 aliphatic carbocycles. The lowest BCUT2D eigenvalue weighted by Gasteiger charge is -2.15. The number of para-hydroxylation sites is 1. The molecule has 3 heterocycles. The fraction of sp³-hybridized carbons (Fsp3) is 0.0952. The summed E-state index contributed by atoms with van der Waals surface area (Å²) < 4.78 is 1.18. The van der Waals surface area contributed by atoms with Crippen LogP contribution in [0.5, 0.6) is 0 Å². The second kappa shape index (κ2) is 7.40. The van der Waals surface area contributed by atoms with Crippen molar-refractivity contribution >= 4 is 22.5 Å². The molecule has 1 N–H and O–H groups in total. The van der Waals surface area contributed by atoms with Crippen LogP contribution in [-0.4, -0.2) is 25.7 Å². The van der Waals surface area contributed by atoms with Crippen LogP contribution in [0.3, 0.4) is 0 Å². The molecule has 28 heavy (non-hydrogen) atoms. The first kappa shape index (κ1) is 17.5. The van der Waals surface area contributed by atoms with E-state index in [0.29, 0.717) is 16.9 Å². The van der Waals surface area contributed by atoms with Gasteiger partial charge in [0.1, 0.15) is 6.04 Å². The average Bonchev–Trinajstić information content (AvgIpc) is 2.74. The van der Waals surface area contributed by atoms with Gasteiger partial charge in [-0.1, -0.05) is 18.2 Å². The van der Waals surface area contributed by atoms with Crippen LogP contribution in [0.2, 0.25) is 0 Å². The van der Waals surface area contributed by atoms with Gasteiger partial charge in [0.25, 0.3) is 5.56 Å². The van der Waals surface area contributed by atoms with Crippen LogP contribution in [-0.2, 0) is 4.79 Å².